The van der Waals surface area contributed by atoms with E-state index in [0.29, 0.717) is 22.3 Å². The van der Waals surface area contributed by atoms with Gasteiger partial charge < -0.3 is 4.74 Å². The van der Waals surface area contributed by atoms with E-state index in [0.717, 1.165) is 15.9 Å². The molecule has 0 aliphatic carbocycles. The summed E-state index contributed by atoms with van der Waals surface area (Å²) in [6, 6.07) is 22.8. The fraction of sp³-hybridized carbons (Fsp3) is 0.130. The van der Waals surface area contributed by atoms with Gasteiger partial charge in [0.2, 0.25) is 0 Å². The molecule has 0 aliphatic heterocycles. The summed E-state index contributed by atoms with van der Waals surface area (Å²) < 4.78 is 22.8. The van der Waals surface area contributed by atoms with Crippen LogP contribution in [0.5, 0.6) is 5.75 Å². The van der Waals surface area contributed by atoms with Gasteiger partial charge in [-0.1, -0.05) is 69.7 Å². The molecule has 4 nitrogen and oxygen atoms in total. The van der Waals surface area contributed by atoms with Gasteiger partial charge in [0.15, 0.2) is 11.0 Å². The second-order valence-electron chi connectivity index (χ2n) is 6.70. The lowest BCUT2D eigenvalue weighted by atomic mass is 10.2. The Morgan fingerprint density at radius 2 is 1.77 bits per heavy atom. The number of thioether (sulfide) groups is 1. The lowest BCUT2D eigenvalue weighted by Crippen LogP contribution is -2.06. The SMILES string of the molecule is Cc1ccc(-n2c(COc3ccccc3)nnc2SCc2ccc(Br)cc2F)cc1. The lowest BCUT2D eigenvalue weighted by molar-refractivity contribution is 0.293. The first-order valence-corrected chi connectivity index (χ1v) is 11.1. The van der Waals surface area contributed by atoms with Gasteiger partial charge in [-0.25, -0.2) is 4.39 Å². The van der Waals surface area contributed by atoms with Crippen LogP contribution in [0, 0.1) is 12.7 Å². The molecule has 0 spiro atoms. The second kappa shape index (κ2) is 9.45. The number of hydrogen-bond acceptors (Lipinski definition) is 4. The van der Waals surface area contributed by atoms with Crippen molar-refractivity contribution < 1.29 is 9.13 Å². The highest BCUT2D eigenvalue weighted by Gasteiger charge is 2.16. The number of rotatable bonds is 7. The van der Waals surface area contributed by atoms with E-state index in [-0.39, 0.29) is 12.4 Å². The number of aromatic nitrogens is 3. The Bertz CT molecular complexity index is 1130. The maximum atomic E-state index is 14.2. The van der Waals surface area contributed by atoms with Crippen LogP contribution in [0.3, 0.4) is 0 Å². The quantitative estimate of drug-likeness (QED) is 0.287. The van der Waals surface area contributed by atoms with Crippen LogP contribution < -0.4 is 4.74 Å². The summed E-state index contributed by atoms with van der Waals surface area (Å²) in [5, 5.41) is 9.39. The third-order valence-corrected chi connectivity index (χ3v) is 5.95. The van der Waals surface area contributed by atoms with Gasteiger partial charge in [-0.05, 0) is 48.9 Å². The molecule has 1 heterocycles. The molecular formula is C23H19BrFN3OS. The minimum absolute atomic E-state index is 0.245. The molecule has 30 heavy (non-hydrogen) atoms. The van der Waals surface area contributed by atoms with Gasteiger partial charge in [-0.15, -0.1) is 10.2 Å². The van der Waals surface area contributed by atoms with Crippen molar-refractivity contribution in [2.75, 3.05) is 0 Å². The van der Waals surface area contributed by atoms with Gasteiger partial charge in [-0.2, -0.15) is 0 Å². The molecule has 152 valence electrons. The van der Waals surface area contributed by atoms with Crippen LogP contribution in [0.4, 0.5) is 4.39 Å². The molecule has 4 aromatic rings. The first-order chi connectivity index (χ1) is 14.6. The number of benzene rings is 3. The number of nitrogens with zero attached hydrogens (tertiary/aromatic N) is 3. The Hall–Kier alpha value is -2.64. The molecule has 1 aromatic heterocycles. The number of hydrogen-bond donors (Lipinski definition) is 0. The molecule has 0 bridgehead atoms. The predicted octanol–water partition coefficient (Wildman–Crippen LogP) is 6.35. The number of ether oxygens (including phenoxy) is 1. The van der Waals surface area contributed by atoms with E-state index < -0.39 is 0 Å². The van der Waals surface area contributed by atoms with Crippen LogP contribution in [0.15, 0.2) is 82.4 Å². The van der Waals surface area contributed by atoms with E-state index in [4.69, 9.17) is 4.74 Å². The zero-order valence-electron chi connectivity index (χ0n) is 16.3. The third kappa shape index (κ3) is 4.91. The highest BCUT2D eigenvalue weighted by molar-refractivity contribution is 9.10. The van der Waals surface area contributed by atoms with Crippen molar-refractivity contribution in [3.63, 3.8) is 0 Å². The molecule has 3 aromatic carbocycles. The molecule has 0 fully saturated rings. The van der Waals surface area contributed by atoms with Crippen LogP contribution in [0.2, 0.25) is 0 Å². The Morgan fingerprint density at radius 3 is 2.50 bits per heavy atom. The summed E-state index contributed by atoms with van der Waals surface area (Å²) in [5.41, 5.74) is 2.72. The monoisotopic (exact) mass is 483 g/mol. The number of aryl methyl sites for hydroxylation is 1. The average molecular weight is 484 g/mol. The molecule has 0 atom stereocenters. The van der Waals surface area contributed by atoms with Crippen LogP contribution >= 0.6 is 27.7 Å². The third-order valence-electron chi connectivity index (χ3n) is 4.48. The van der Waals surface area contributed by atoms with E-state index in [1.807, 2.05) is 72.2 Å². The Morgan fingerprint density at radius 1 is 1.00 bits per heavy atom. The van der Waals surface area contributed by atoms with Crippen molar-refractivity contribution in [2.24, 2.45) is 0 Å². The van der Waals surface area contributed by atoms with E-state index in [9.17, 15) is 4.39 Å². The summed E-state index contributed by atoms with van der Waals surface area (Å²) in [7, 11) is 0. The summed E-state index contributed by atoms with van der Waals surface area (Å²) in [5.74, 6) is 1.65. The van der Waals surface area contributed by atoms with Gasteiger partial charge >= 0.3 is 0 Å². The highest BCUT2D eigenvalue weighted by atomic mass is 79.9. The first kappa shape index (κ1) is 20.6. The Kier molecular flexibility index (Phi) is 6.50. The van der Waals surface area contributed by atoms with E-state index in [2.05, 4.69) is 26.1 Å². The van der Waals surface area contributed by atoms with Crippen molar-refractivity contribution in [3.8, 4) is 11.4 Å². The van der Waals surface area contributed by atoms with Crippen LogP contribution in [-0.2, 0) is 12.4 Å². The molecule has 0 N–H and O–H groups in total. The minimum atomic E-state index is -0.245. The Balaban J connectivity index is 1.60. The smallest absolute Gasteiger partial charge is 0.196 e. The van der Waals surface area contributed by atoms with Crippen molar-refractivity contribution in [1.29, 1.82) is 0 Å². The zero-order chi connectivity index (χ0) is 20.9. The maximum Gasteiger partial charge on any atom is 0.196 e. The van der Waals surface area contributed by atoms with Crippen molar-refractivity contribution >= 4 is 27.7 Å². The summed E-state index contributed by atoms with van der Waals surface area (Å²) in [6.45, 7) is 2.32. The van der Waals surface area contributed by atoms with Crippen LogP contribution in [-0.4, -0.2) is 14.8 Å². The van der Waals surface area contributed by atoms with E-state index >= 15 is 0 Å². The van der Waals surface area contributed by atoms with Crippen LogP contribution in [0.25, 0.3) is 5.69 Å². The molecule has 0 saturated carbocycles. The largest absolute Gasteiger partial charge is 0.486 e. The second-order valence-corrected chi connectivity index (χ2v) is 8.55. The minimum Gasteiger partial charge on any atom is -0.486 e. The first-order valence-electron chi connectivity index (χ1n) is 9.36. The van der Waals surface area contributed by atoms with Gasteiger partial charge in [0, 0.05) is 15.9 Å². The maximum absolute atomic E-state index is 14.2. The number of para-hydroxylation sites is 1. The molecule has 0 radical (unpaired) electrons. The molecule has 0 aliphatic rings. The van der Waals surface area contributed by atoms with Gasteiger partial charge in [0.05, 0.1) is 0 Å². The fourth-order valence-electron chi connectivity index (χ4n) is 2.89. The molecule has 0 saturated heterocycles. The summed E-state index contributed by atoms with van der Waals surface area (Å²) >= 11 is 4.73. The topological polar surface area (TPSA) is 39.9 Å². The lowest BCUT2D eigenvalue weighted by Gasteiger charge is -2.12. The summed E-state index contributed by atoms with van der Waals surface area (Å²) in [4.78, 5) is 0. The van der Waals surface area contributed by atoms with Crippen LogP contribution in [0.1, 0.15) is 17.0 Å². The number of halogens is 2. The fourth-order valence-corrected chi connectivity index (χ4v) is 4.18. The zero-order valence-corrected chi connectivity index (χ0v) is 18.7. The molecule has 4 rings (SSSR count). The predicted molar refractivity (Wildman–Crippen MR) is 121 cm³/mol. The standard InChI is InChI=1S/C23H19BrFN3OS/c1-16-7-11-19(12-8-16)28-22(14-29-20-5-3-2-4-6-20)26-27-23(28)30-15-17-9-10-18(24)13-21(17)25/h2-13H,14-15H2,1H3. The molecular weight excluding hydrogens is 465 g/mol. The van der Waals surface area contributed by atoms with E-state index in [1.165, 1.54) is 23.4 Å². The van der Waals surface area contributed by atoms with E-state index in [1.54, 1.807) is 6.07 Å². The van der Waals surface area contributed by atoms with Gasteiger partial charge in [-0.3, -0.25) is 4.57 Å². The molecule has 7 heteroatoms. The Labute approximate surface area is 187 Å². The van der Waals surface area contributed by atoms with Gasteiger partial charge in [0.25, 0.3) is 0 Å². The molecule has 0 amide bonds. The van der Waals surface area contributed by atoms with Crippen molar-refractivity contribution in [2.45, 2.75) is 24.4 Å². The highest BCUT2D eigenvalue weighted by Crippen LogP contribution is 2.28. The normalized spacial score (nSPS) is 10.9. The van der Waals surface area contributed by atoms with Crippen molar-refractivity contribution in [3.05, 3.63) is 100 Å². The molecule has 0 unspecified atom stereocenters. The summed E-state index contributed by atoms with van der Waals surface area (Å²) in [6.07, 6.45) is 0. The van der Waals surface area contributed by atoms with Gasteiger partial charge in [0.1, 0.15) is 18.2 Å². The van der Waals surface area contributed by atoms with Crippen molar-refractivity contribution in [1.82, 2.24) is 14.8 Å². The average Bonchev–Trinajstić information content (AvgIpc) is 3.16.